The number of fused-ring (bicyclic) bond motifs is 1. The van der Waals surface area contributed by atoms with E-state index < -0.39 is 0 Å². The average molecular weight is 310 g/mol. The highest BCUT2D eigenvalue weighted by Crippen LogP contribution is 2.18. The summed E-state index contributed by atoms with van der Waals surface area (Å²) >= 11 is 6.23. The van der Waals surface area contributed by atoms with Crippen LogP contribution < -0.4 is 0 Å². The lowest BCUT2D eigenvalue weighted by Gasteiger charge is -2.05. The van der Waals surface area contributed by atoms with E-state index in [2.05, 4.69) is 15.1 Å². The van der Waals surface area contributed by atoms with Crippen molar-refractivity contribution in [3.8, 4) is 11.4 Å². The molecular weight excluding hydrogens is 298 g/mol. The molecule has 108 valence electrons. The van der Waals surface area contributed by atoms with Gasteiger partial charge in [-0.25, -0.2) is 9.67 Å². The Hall–Kier alpha value is -2.66. The molecule has 3 aromatic heterocycles. The number of pyridine rings is 1. The van der Waals surface area contributed by atoms with Crippen LogP contribution in [0.4, 0.5) is 0 Å². The molecule has 0 spiro atoms. The number of rotatable bonds is 3. The summed E-state index contributed by atoms with van der Waals surface area (Å²) in [4.78, 5) is 8.62. The Morgan fingerprint density at radius 2 is 1.86 bits per heavy atom. The Balaban J connectivity index is 1.72. The quantitative estimate of drug-likeness (QED) is 0.583. The number of hydrogen-bond acceptors (Lipinski definition) is 3. The Bertz CT molecular complexity index is 926. The molecule has 22 heavy (non-hydrogen) atoms. The van der Waals surface area contributed by atoms with E-state index in [1.54, 1.807) is 10.9 Å². The Morgan fingerprint density at radius 1 is 1.00 bits per heavy atom. The van der Waals surface area contributed by atoms with Crippen LogP contribution in [0.5, 0.6) is 0 Å². The molecule has 0 aliphatic rings. The molecule has 0 unspecified atom stereocenters. The lowest BCUT2D eigenvalue weighted by molar-refractivity contribution is 0.667. The largest absolute Gasteiger partial charge is 0.302 e. The molecule has 0 atom stereocenters. The molecule has 0 amide bonds. The summed E-state index contributed by atoms with van der Waals surface area (Å²) in [6.07, 6.45) is 3.70. The SMILES string of the molecule is Clc1nc(-c2ccccc2)nn1Cc1cccc2nccn12. The topological polar surface area (TPSA) is 48.0 Å². The molecule has 0 radical (unpaired) electrons. The van der Waals surface area contributed by atoms with E-state index in [1.807, 2.05) is 59.1 Å². The number of halogens is 1. The van der Waals surface area contributed by atoms with E-state index in [0.29, 0.717) is 17.7 Å². The predicted octanol–water partition coefficient (Wildman–Crippen LogP) is 3.29. The molecular formula is C16H12ClN5. The van der Waals surface area contributed by atoms with Gasteiger partial charge in [0.05, 0.1) is 6.54 Å². The van der Waals surface area contributed by atoms with Crippen molar-refractivity contribution in [2.75, 3.05) is 0 Å². The molecule has 4 rings (SSSR count). The summed E-state index contributed by atoms with van der Waals surface area (Å²) in [5, 5.41) is 4.88. The molecule has 0 bridgehead atoms. The maximum atomic E-state index is 6.23. The molecule has 4 aromatic rings. The zero-order valence-corrected chi connectivity index (χ0v) is 12.4. The maximum Gasteiger partial charge on any atom is 0.221 e. The van der Waals surface area contributed by atoms with Crippen molar-refractivity contribution in [1.29, 1.82) is 0 Å². The van der Waals surface area contributed by atoms with Gasteiger partial charge in [-0.3, -0.25) is 0 Å². The number of imidazole rings is 1. The number of benzene rings is 1. The minimum atomic E-state index is 0.371. The van der Waals surface area contributed by atoms with Gasteiger partial charge in [-0.2, -0.15) is 4.98 Å². The molecule has 6 heteroatoms. The van der Waals surface area contributed by atoms with E-state index in [9.17, 15) is 0 Å². The third kappa shape index (κ3) is 2.25. The van der Waals surface area contributed by atoms with Crippen LogP contribution in [0, 0.1) is 0 Å². The minimum absolute atomic E-state index is 0.371. The normalized spacial score (nSPS) is 11.1. The number of hydrogen-bond donors (Lipinski definition) is 0. The molecule has 0 fully saturated rings. The van der Waals surface area contributed by atoms with E-state index in [1.165, 1.54) is 0 Å². The van der Waals surface area contributed by atoms with Crippen LogP contribution in [0.2, 0.25) is 5.28 Å². The van der Waals surface area contributed by atoms with Crippen LogP contribution in [-0.2, 0) is 6.54 Å². The Labute approximate surface area is 131 Å². The summed E-state index contributed by atoms with van der Waals surface area (Å²) in [6, 6.07) is 15.8. The van der Waals surface area contributed by atoms with Crippen molar-refractivity contribution in [1.82, 2.24) is 24.1 Å². The second-order valence-corrected chi connectivity index (χ2v) is 5.24. The second kappa shape index (κ2) is 5.27. The van der Waals surface area contributed by atoms with Gasteiger partial charge in [0.1, 0.15) is 5.65 Å². The van der Waals surface area contributed by atoms with Gasteiger partial charge in [-0.1, -0.05) is 36.4 Å². The molecule has 0 saturated heterocycles. The van der Waals surface area contributed by atoms with Gasteiger partial charge in [0.2, 0.25) is 5.28 Å². The van der Waals surface area contributed by atoms with Crippen molar-refractivity contribution in [3.05, 3.63) is 71.9 Å². The summed E-state index contributed by atoms with van der Waals surface area (Å²) < 4.78 is 3.71. The summed E-state index contributed by atoms with van der Waals surface area (Å²) in [7, 11) is 0. The van der Waals surface area contributed by atoms with E-state index in [-0.39, 0.29) is 0 Å². The first-order chi connectivity index (χ1) is 10.8. The predicted molar refractivity (Wildman–Crippen MR) is 84.8 cm³/mol. The first-order valence-electron chi connectivity index (χ1n) is 6.88. The average Bonchev–Trinajstić information content (AvgIpc) is 3.16. The van der Waals surface area contributed by atoms with Crippen LogP contribution in [-0.4, -0.2) is 24.1 Å². The first kappa shape index (κ1) is 13.0. The standard InChI is InChI=1S/C16H12ClN5/c17-16-19-15(12-5-2-1-3-6-12)20-22(16)11-13-7-4-8-14-18-9-10-21(13)14/h1-10H,11H2. The van der Waals surface area contributed by atoms with Crippen molar-refractivity contribution < 1.29 is 0 Å². The fraction of sp³-hybridized carbons (Fsp3) is 0.0625. The monoisotopic (exact) mass is 309 g/mol. The zero-order valence-electron chi connectivity index (χ0n) is 11.6. The van der Waals surface area contributed by atoms with Gasteiger partial charge in [0.15, 0.2) is 5.82 Å². The van der Waals surface area contributed by atoms with Crippen LogP contribution in [0.1, 0.15) is 5.69 Å². The van der Waals surface area contributed by atoms with Crippen LogP contribution in [0.3, 0.4) is 0 Å². The van der Waals surface area contributed by atoms with Gasteiger partial charge in [-0.15, -0.1) is 5.10 Å². The smallest absolute Gasteiger partial charge is 0.221 e. The maximum absolute atomic E-state index is 6.23. The van der Waals surface area contributed by atoms with Crippen molar-refractivity contribution in [2.45, 2.75) is 6.54 Å². The first-order valence-corrected chi connectivity index (χ1v) is 7.26. The lowest BCUT2D eigenvalue weighted by atomic mass is 10.2. The summed E-state index contributed by atoms with van der Waals surface area (Å²) in [6.45, 7) is 0.534. The summed E-state index contributed by atoms with van der Waals surface area (Å²) in [5.41, 5.74) is 2.89. The third-order valence-corrected chi connectivity index (χ3v) is 3.76. The fourth-order valence-electron chi connectivity index (χ4n) is 2.42. The van der Waals surface area contributed by atoms with Gasteiger partial charge in [0, 0.05) is 23.7 Å². The van der Waals surface area contributed by atoms with Crippen LogP contribution in [0.25, 0.3) is 17.0 Å². The van der Waals surface area contributed by atoms with Crippen molar-refractivity contribution >= 4 is 17.2 Å². The Kier molecular flexibility index (Phi) is 3.12. The van der Waals surface area contributed by atoms with Crippen molar-refractivity contribution in [2.24, 2.45) is 0 Å². The number of nitrogens with zero attached hydrogens (tertiary/aromatic N) is 5. The Morgan fingerprint density at radius 3 is 2.73 bits per heavy atom. The molecule has 3 heterocycles. The second-order valence-electron chi connectivity index (χ2n) is 4.90. The zero-order chi connectivity index (χ0) is 14.9. The molecule has 5 nitrogen and oxygen atoms in total. The van der Waals surface area contributed by atoms with Gasteiger partial charge in [-0.05, 0) is 23.7 Å². The highest BCUT2D eigenvalue weighted by Gasteiger charge is 2.11. The molecule has 0 N–H and O–H groups in total. The highest BCUT2D eigenvalue weighted by atomic mass is 35.5. The van der Waals surface area contributed by atoms with Gasteiger partial charge in [0.25, 0.3) is 0 Å². The minimum Gasteiger partial charge on any atom is -0.302 e. The summed E-state index contributed by atoms with van der Waals surface area (Å²) in [5.74, 6) is 0.628. The molecule has 0 aliphatic carbocycles. The van der Waals surface area contributed by atoms with E-state index in [4.69, 9.17) is 11.6 Å². The van der Waals surface area contributed by atoms with Gasteiger partial charge < -0.3 is 4.40 Å². The van der Waals surface area contributed by atoms with E-state index in [0.717, 1.165) is 16.9 Å². The van der Waals surface area contributed by atoms with Gasteiger partial charge >= 0.3 is 0 Å². The fourth-order valence-corrected chi connectivity index (χ4v) is 2.60. The van der Waals surface area contributed by atoms with Crippen LogP contribution in [0.15, 0.2) is 60.9 Å². The number of aromatic nitrogens is 5. The third-order valence-electron chi connectivity index (χ3n) is 3.48. The molecule has 1 aromatic carbocycles. The van der Waals surface area contributed by atoms with Crippen molar-refractivity contribution in [3.63, 3.8) is 0 Å². The van der Waals surface area contributed by atoms with Crippen LogP contribution >= 0.6 is 11.6 Å². The van der Waals surface area contributed by atoms with E-state index >= 15 is 0 Å². The highest BCUT2D eigenvalue weighted by molar-refractivity contribution is 6.28. The lowest BCUT2D eigenvalue weighted by Crippen LogP contribution is -2.06. The molecule has 0 saturated carbocycles. The molecule has 0 aliphatic heterocycles.